The minimum absolute atomic E-state index is 0.241. The summed E-state index contributed by atoms with van der Waals surface area (Å²) in [5, 5.41) is 8.22. The summed E-state index contributed by atoms with van der Waals surface area (Å²) in [6, 6.07) is 0.241. The van der Waals surface area contributed by atoms with Crippen LogP contribution in [0.3, 0.4) is 0 Å². The number of piperidine rings is 1. The van der Waals surface area contributed by atoms with Crippen molar-refractivity contribution in [1.82, 2.24) is 4.90 Å². The molecule has 2 fully saturated rings. The summed E-state index contributed by atoms with van der Waals surface area (Å²) in [6.07, 6.45) is 1.91. The van der Waals surface area contributed by atoms with E-state index in [0.717, 1.165) is 12.8 Å². The smallest absolute Gasteiger partial charge is 0.375 e. The molecule has 1 saturated carbocycles. The third-order valence-corrected chi connectivity index (χ3v) is 2.86. The van der Waals surface area contributed by atoms with Crippen molar-refractivity contribution in [2.24, 2.45) is 5.92 Å². The second-order valence-corrected chi connectivity index (χ2v) is 3.83. The second-order valence-electron chi connectivity index (χ2n) is 3.83. The first-order valence-electron chi connectivity index (χ1n) is 4.36. The van der Waals surface area contributed by atoms with Gasteiger partial charge in [0.2, 0.25) is 0 Å². The summed E-state index contributed by atoms with van der Waals surface area (Å²) in [6.45, 7) is 0.00169. The van der Waals surface area contributed by atoms with Crippen molar-refractivity contribution in [2.75, 3.05) is 13.1 Å². The Morgan fingerprint density at radius 2 is 2.31 bits per heavy atom. The highest BCUT2D eigenvalue weighted by atomic mass is 19.3. The van der Waals surface area contributed by atoms with E-state index < -0.39 is 18.4 Å². The highest BCUT2D eigenvalue weighted by molar-refractivity contribution is 5.75. The van der Waals surface area contributed by atoms with Crippen molar-refractivity contribution in [3.8, 4) is 0 Å². The maximum Gasteiger partial charge on any atom is 0.375 e. The fourth-order valence-corrected chi connectivity index (χ4v) is 2.01. The summed E-state index contributed by atoms with van der Waals surface area (Å²) in [4.78, 5) is 11.7. The minimum atomic E-state index is -3.59. The Balaban J connectivity index is 1.93. The van der Waals surface area contributed by atoms with Crippen LogP contribution in [0.2, 0.25) is 0 Å². The van der Waals surface area contributed by atoms with E-state index in [9.17, 15) is 13.6 Å². The lowest BCUT2D eigenvalue weighted by atomic mass is 10.3. The molecule has 1 aliphatic heterocycles. The van der Waals surface area contributed by atoms with Gasteiger partial charge in [-0.1, -0.05) is 0 Å². The lowest BCUT2D eigenvalue weighted by molar-refractivity contribution is -0.167. The average molecular weight is 191 g/mol. The first-order valence-corrected chi connectivity index (χ1v) is 4.36. The molecular formula is C8H11F2NO2. The van der Waals surface area contributed by atoms with Crippen molar-refractivity contribution in [1.29, 1.82) is 0 Å². The third kappa shape index (κ3) is 1.52. The molecule has 0 aromatic rings. The Bertz CT molecular complexity index is 244. The Labute approximate surface area is 74.3 Å². The molecule has 0 aromatic carbocycles. The van der Waals surface area contributed by atoms with E-state index in [0.29, 0.717) is 12.5 Å². The number of halogens is 2. The van der Waals surface area contributed by atoms with E-state index in [1.165, 1.54) is 0 Å². The molecule has 5 heteroatoms. The number of aliphatic carboxylic acids is 1. The molecule has 2 atom stereocenters. The summed E-state index contributed by atoms with van der Waals surface area (Å²) in [5.74, 6) is -5.04. The predicted octanol–water partition coefficient (Wildman–Crippen LogP) is 0.800. The SMILES string of the molecule is O=C(O)C(F)(F)CN1CCC2CC21. The van der Waals surface area contributed by atoms with Gasteiger partial charge in [-0.3, -0.25) is 4.90 Å². The van der Waals surface area contributed by atoms with Crippen LogP contribution in [0.4, 0.5) is 8.78 Å². The first kappa shape index (κ1) is 8.87. The Morgan fingerprint density at radius 3 is 2.69 bits per heavy atom. The van der Waals surface area contributed by atoms with Crippen molar-refractivity contribution in [2.45, 2.75) is 24.8 Å². The van der Waals surface area contributed by atoms with E-state index in [-0.39, 0.29) is 6.04 Å². The van der Waals surface area contributed by atoms with Crippen LogP contribution in [0.5, 0.6) is 0 Å². The molecule has 2 aliphatic rings. The molecule has 2 unspecified atom stereocenters. The van der Waals surface area contributed by atoms with Crippen LogP contribution in [0.1, 0.15) is 12.8 Å². The van der Waals surface area contributed by atoms with Gasteiger partial charge in [0.1, 0.15) is 0 Å². The molecule has 0 amide bonds. The lowest BCUT2D eigenvalue weighted by Crippen LogP contribution is -2.42. The summed E-state index contributed by atoms with van der Waals surface area (Å²) < 4.78 is 25.5. The van der Waals surface area contributed by atoms with Crippen LogP contribution in [0.25, 0.3) is 0 Å². The van der Waals surface area contributed by atoms with Gasteiger partial charge in [-0.05, 0) is 25.3 Å². The second kappa shape index (κ2) is 2.64. The van der Waals surface area contributed by atoms with Gasteiger partial charge in [0.15, 0.2) is 0 Å². The number of carboxylic acids is 1. The van der Waals surface area contributed by atoms with Gasteiger partial charge in [0, 0.05) is 6.04 Å². The van der Waals surface area contributed by atoms with Crippen LogP contribution in [0.15, 0.2) is 0 Å². The standard InChI is InChI=1S/C8H11F2NO2/c9-8(10,7(12)13)4-11-2-1-5-3-6(5)11/h5-6H,1-4H2,(H,12,13). The summed E-state index contributed by atoms with van der Waals surface area (Å²) >= 11 is 0. The molecule has 1 N–H and O–H groups in total. The molecule has 0 radical (unpaired) electrons. The van der Waals surface area contributed by atoms with E-state index in [1.54, 1.807) is 4.90 Å². The molecular weight excluding hydrogens is 180 g/mol. The predicted molar refractivity (Wildman–Crippen MR) is 40.7 cm³/mol. The zero-order valence-corrected chi connectivity index (χ0v) is 7.04. The molecule has 1 saturated heterocycles. The molecule has 2 rings (SSSR count). The quantitative estimate of drug-likeness (QED) is 0.717. The zero-order chi connectivity index (χ0) is 9.64. The van der Waals surface area contributed by atoms with Gasteiger partial charge in [0.05, 0.1) is 6.54 Å². The fraction of sp³-hybridized carbons (Fsp3) is 0.875. The van der Waals surface area contributed by atoms with Gasteiger partial charge in [-0.2, -0.15) is 8.78 Å². The van der Waals surface area contributed by atoms with E-state index in [4.69, 9.17) is 5.11 Å². The molecule has 74 valence electrons. The minimum Gasteiger partial charge on any atom is -0.477 e. The normalized spacial score (nSPS) is 33.1. The fourth-order valence-electron chi connectivity index (χ4n) is 2.01. The third-order valence-electron chi connectivity index (χ3n) is 2.86. The van der Waals surface area contributed by atoms with Crippen LogP contribution >= 0.6 is 0 Å². The summed E-state index contributed by atoms with van der Waals surface area (Å²) in [5.41, 5.74) is 0. The highest BCUT2D eigenvalue weighted by Crippen LogP contribution is 2.45. The van der Waals surface area contributed by atoms with Gasteiger partial charge in [-0.15, -0.1) is 0 Å². The number of fused-ring (bicyclic) bond motifs is 1. The van der Waals surface area contributed by atoms with Crippen molar-refractivity contribution in [3.05, 3.63) is 0 Å². The van der Waals surface area contributed by atoms with E-state index >= 15 is 0 Å². The molecule has 0 aromatic heterocycles. The van der Waals surface area contributed by atoms with Gasteiger partial charge in [-0.25, -0.2) is 4.79 Å². The molecule has 3 nitrogen and oxygen atoms in total. The molecule has 0 spiro atoms. The average Bonchev–Trinajstić information content (AvgIpc) is 2.70. The summed E-state index contributed by atoms with van der Waals surface area (Å²) in [7, 11) is 0. The number of alkyl halides is 2. The lowest BCUT2D eigenvalue weighted by Gasteiger charge is -2.21. The number of carbonyl (C=O) groups is 1. The molecule has 13 heavy (non-hydrogen) atoms. The number of likely N-dealkylation sites (tertiary alicyclic amines) is 1. The van der Waals surface area contributed by atoms with Crippen LogP contribution in [0, 0.1) is 5.92 Å². The zero-order valence-electron chi connectivity index (χ0n) is 7.04. The van der Waals surface area contributed by atoms with Crippen molar-refractivity contribution in [3.63, 3.8) is 0 Å². The van der Waals surface area contributed by atoms with Gasteiger partial charge in [0.25, 0.3) is 0 Å². The Morgan fingerprint density at radius 1 is 1.62 bits per heavy atom. The number of carboxylic acid groups (broad SMARTS) is 1. The van der Waals surface area contributed by atoms with Crippen molar-refractivity contribution < 1.29 is 18.7 Å². The number of nitrogens with zero attached hydrogens (tertiary/aromatic N) is 1. The topological polar surface area (TPSA) is 40.5 Å². The number of rotatable bonds is 3. The highest BCUT2D eigenvalue weighted by Gasteiger charge is 2.51. The molecule has 0 bridgehead atoms. The van der Waals surface area contributed by atoms with Crippen LogP contribution in [-0.4, -0.2) is 41.0 Å². The number of hydrogen-bond donors (Lipinski definition) is 1. The van der Waals surface area contributed by atoms with Crippen LogP contribution in [-0.2, 0) is 4.79 Å². The first-order chi connectivity index (χ1) is 6.00. The maximum atomic E-state index is 12.7. The van der Waals surface area contributed by atoms with Crippen LogP contribution < -0.4 is 0 Å². The number of hydrogen-bond acceptors (Lipinski definition) is 2. The van der Waals surface area contributed by atoms with Crippen molar-refractivity contribution >= 4 is 5.97 Å². The Kier molecular flexibility index (Phi) is 1.80. The molecule has 1 heterocycles. The monoisotopic (exact) mass is 191 g/mol. The van der Waals surface area contributed by atoms with E-state index in [2.05, 4.69) is 0 Å². The molecule has 1 aliphatic carbocycles. The largest absolute Gasteiger partial charge is 0.477 e. The Hall–Kier alpha value is -0.710. The van der Waals surface area contributed by atoms with Gasteiger partial charge >= 0.3 is 11.9 Å². The maximum absolute atomic E-state index is 12.7. The van der Waals surface area contributed by atoms with E-state index in [1.807, 2.05) is 0 Å². The van der Waals surface area contributed by atoms with Gasteiger partial charge < -0.3 is 5.11 Å².